The van der Waals surface area contributed by atoms with Crippen LogP contribution >= 0.6 is 15.9 Å². The lowest BCUT2D eigenvalue weighted by molar-refractivity contribution is 0.302. The summed E-state index contributed by atoms with van der Waals surface area (Å²) in [5.41, 5.74) is 3.73. The van der Waals surface area contributed by atoms with Crippen molar-refractivity contribution in [2.24, 2.45) is 0 Å². The normalized spacial score (nSPS) is 15.8. The Morgan fingerprint density at radius 1 is 1.14 bits per heavy atom. The summed E-state index contributed by atoms with van der Waals surface area (Å²) in [7, 11) is 1.99. The first-order chi connectivity index (χ1) is 10.2. The summed E-state index contributed by atoms with van der Waals surface area (Å²) in [4.78, 5) is 0. The molecule has 1 unspecified atom stereocenters. The summed E-state index contributed by atoms with van der Waals surface area (Å²) in [5.74, 6) is 0.974. The van der Waals surface area contributed by atoms with E-state index in [1.165, 1.54) is 29.5 Å². The largest absolute Gasteiger partial charge is 0.490 e. The van der Waals surface area contributed by atoms with E-state index in [0.29, 0.717) is 6.10 Å². The monoisotopic (exact) mass is 345 g/mol. The van der Waals surface area contributed by atoms with Crippen molar-refractivity contribution in [1.29, 1.82) is 0 Å². The fourth-order valence-corrected chi connectivity index (χ4v) is 2.86. The lowest BCUT2D eigenvalue weighted by Gasteiger charge is -2.19. The molecule has 1 N–H and O–H groups in total. The van der Waals surface area contributed by atoms with Gasteiger partial charge in [0.15, 0.2) is 0 Å². The van der Waals surface area contributed by atoms with Gasteiger partial charge in [-0.15, -0.1) is 0 Å². The zero-order chi connectivity index (χ0) is 14.8. The summed E-state index contributed by atoms with van der Waals surface area (Å²) >= 11 is 3.62. The average molecular weight is 346 g/mol. The van der Waals surface area contributed by atoms with E-state index in [4.69, 9.17) is 4.74 Å². The van der Waals surface area contributed by atoms with E-state index in [-0.39, 0.29) is 6.04 Å². The summed E-state index contributed by atoms with van der Waals surface area (Å²) < 4.78 is 7.05. The van der Waals surface area contributed by atoms with Crippen molar-refractivity contribution in [3.63, 3.8) is 0 Å². The second-order valence-corrected chi connectivity index (χ2v) is 6.47. The van der Waals surface area contributed by atoms with Crippen LogP contribution in [-0.2, 0) is 0 Å². The predicted octanol–water partition coefficient (Wildman–Crippen LogP) is 4.61. The molecule has 0 saturated heterocycles. The SMILES string of the molecule is CNC(c1cccc(OC2CC2)c1)c1ccc(C)c(Br)c1. The molecule has 1 aliphatic carbocycles. The number of hydrogen-bond acceptors (Lipinski definition) is 2. The Morgan fingerprint density at radius 3 is 2.57 bits per heavy atom. The molecule has 0 aliphatic heterocycles. The molecule has 1 saturated carbocycles. The second kappa shape index (κ2) is 6.20. The van der Waals surface area contributed by atoms with Crippen molar-refractivity contribution in [1.82, 2.24) is 5.32 Å². The van der Waals surface area contributed by atoms with Gasteiger partial charge in [0.05, 0.1) is 12.1 Å². The molecule has 0 bridgehead atoms. The molecule has 1 aliphatic rings. The maximum absolute atomic E-state index is 5.90. The molecule has 0 amide bonds. The minimum absolute atomic E-state index is 0.171. The molecule has 3 heteroatoms. The summed E-state index contributed by atoms with van der Waals surface area (Å²) in [6.45, 7) is 2.10. The van der Waals surface area contributed by atoms with Crippen molar-refractivity contribution in [2.75, 3.05) is 7.05 Å². The van der Waals surface area contributed by atoms with Crippen molar-refractivity contribution in [2.45, 2.75) is 31.9 Å². The van der Waals surface area contributed by atoms with Crippen molar-refractivity contribution in [3.8, 4) is 5.75 Å². The minimum Gasteiger partial charge on any atom is -0.490 e. The van der Waals surface area contributed by atoms with Gasteiger partial charge in [0, 0.05) is 4.47 Å². The van der Waals surface area contributed by atoms with E-state index in [1.807, 2.05) is 13.1 Å². The molecule has 1 atom stereocenters. The van der Waals surface area contributed by atoms with Gasteiger partial charge in [-0.3, -0.25) is 0 Å². The van der Waals surface area contributed by atoms with Crippen LogP contribution in [0, 0.1) is 6.92 Å². The van der Waals surface area contributed by atoms with Gasteiger partial charge in [-0.2, -0.15) is 0 Å². The molecule has 0 spiro atoms. The molecular weight excluding hydrogens is 326 g/mol. The number of ether oxygens (including phenoxy) is 1. The highest BCUT2D eigenvalue weighted by Crippen LogP contribution is 2.31. The molecule has 2 nitrogen and oxygen atoms in total. The zero-order valence-electron chi connectivity index (χ0n) is 12.4. The van der Waals surface area contributed by atoms with E-state index in [9.17, 15) is 0 Å². The van der Waals surface area contributed by atoms with Crippen LogP contribution in [0.1, 0.15) is 35.6 Å². The number of rotatable bonds is 5. The Hall–Kier alpha value is -1.32. The Kier molecular flexibility index (Phi) is 4.32. The Morgan fingerprint density at radius 2 is 1.90 bits per heavy atom. The van der Waals surface area contributed by atoms with Gasteiger partial charge >= 0.3 is 0 Å². The van der Waals surface area contributed by atoms with E-state index in [1.54, 1.807) is 0 Å². The third-order valence-electron chi connectivity index (χ3n) is 3.84. The number of hydrogen-bond donors (Lipinski definition) is 1. The van der Waals surface area contributed by atoms with E-state index in [0.717, 1.165) is 10.2 Å². The predicted molar refractivity (Wildman–Crippen MR) is 89.9 cm³/mol. The van der Waals surface area contributed by atoms with Crippen molar-refractivity contribution in [3.05, 3.63) is 63.6 Å². The van der Waals surface area contributed by atoms with Crippen LogP contribution in [0.3, 0.4) is 0 Å². The smallest absolute Gasteiger partial charge is 0.120 e. The second-order valence-electron chi connectivity index (χ2n) is 5.62. The molecule has 2 aromatic rings. The van der Waals surface area contributed by atoms with Crippen LogP contribution in [0.2, 0.25) is 0 Å². The average Bonchev–Trinajstić information content (AvgIpc) is 3.28. The molecule has 1 fully saturated rings. The molecule has 0 radical (unpaired) electrons. The van der Waals surface area contributed by atoms with Crippen LogP contribution < -0.4 is 10.1 Å². The van der Waals surface area contributed by atoms with Crippen LogP contribution in [0.5, 0.6) is 5.75 Å². The van der Waals surface area contributed by atoms with E-state index < -0.39 is 0 Å². The Labute approximate surface area is 134 Å². The number of aryl methyl sites for hydroxylation is 1. The first-order valence-corrected chi connectivity index (χ1v) is 8.16. The summed E-state index contributed by atoms with van der Waals surface area (Å²) in [5, 5.41) is 3.40. The standard InChI is InChI=1S/C18H20BrNO/c1-12-6-7-14(11-17(12)19)18(20-2)13-4-3-5-16(10-13)21-15-8-9-15/h3-7,10-11,15,18,20H,8-9H2,1-2H3. The third kappa shape index (κ3) is 3.47. The van der Waals surface area contributed by atoms with Crippen LogP contribution in [0.4, 0.5) is 0 Å². The maximum atomic E-state index is 5.90. The number of benzene rings is 2. The molecule has 21 heavy (non-hydrogen) atoms. The highest BCUT2D eigenvalue weighted by atomic mass is 79.9. The summed E-state index contributed by atoms with van der Waals surface area (Å²) in [6.07, 6.45) is 2.80. The lowest BCUT2D eigenvalue weighted by Crippen LogP contribution is -2.17. The van der Waals surface area contributed by atoms with Gasteiger partial charge in [0.2, 0.25) is 0 Å². The van der Waals surface area contributed by atoms with Crippen LogP contribution in [-0.4, -0.2) is 13.2 Å². The first-order valence-electron chi connectivity index (χ1n) is 7.37. The maximum Gasteiger partial charge on any atom is 0.120 e. The van der Waals surface area contributed by atoms with Gasteiger partial charge in [0.25, 0.3) is 0 Å². The zero-order valence-corrected chi connectivity index (χ0v) is 14.0. The van der Waals surface area contributed by atoms with Gasteiger partial charge < -0.3 is 10.1 Å². The highest BCUT2D eigenvalue weighted by Gasteiger charge is 2.23. The molecule has 0 heterocycles. The third-order valence-corrected chi connectivity index (χ3v) is 4.69. The first kappa shape index (κ1) is 14.6. The van der Waals surface area contributed by atoms with Crippen LogP contribution in [0.15, 0.2) is 46.9 Å². The molecule has 110 valence electrons. The summed E-state index contributed by atoms with van der Waals surface area (Å²) in [6, 6.07) is 15.1. The van der Waals surface area contributed by atoms with Crippen LogP contribution in [0.25, 0.3) is 0 Å². The van der Waals surface area contributed by atoms with Crippen molar-refractivity contribution >= 4 is 15.9 Å². The fourth-order valence-electron chi connectivity index (χ4n) is 2.46. The molecule has 0 aromatic heterocycles. The quantitative estimate of drug-likeness (QED) is 0.854. The fraction of sp³-hybridized carbons (Fsp3) is 0.333. The molecule has 2 aromatic carbocycles. The van der Waals surface area contributed by atoms with Gasteiger partial charge in [0.1, 0.15) is 5.75 Å². The minimum atomic E-state index is 0.171. The van der Waals surface area contributed by atoms with Gasteiger partial charge in [-0.25, -0.2) is 0 Å². The number of nitrogens with one attached hydrogen (secondary N) is 1. The van der Waals surface area contributed by atoms with E-state index >= 15 is 0 Å². The Balaban J connectivity index is 1.89. The molecule has 3 rings (SSSR count). The topological polar surface area (TPSA) is 21.3 Å². The van der Waals surface area contributed by atoms with Gasteiger partial charge in [-0.1, -0.05) is 40.2 Å². The van der Waals surface area contributed by atoms with E-state index in [2.05, 4.69) is 64.6 Å². The Bertz CT molecular complexity index is 637. The lowest BCUT2D eigenvalue weighted by atomic mass is 9.98. The molecular formula is C18H20BrNO. The van der Waals surface area contributed by atoms with Gasteiger partial charge in [-0.05, 0) is 61.7 Å². The highest BCUT2D eigenvalue weighted by molar-refractivity contribution is 9.10. The number of halogens is 1. The van der Waals surface area contributed by atoms with Crippen molar-refractivity contribution < 1.29 is 4.74 Å².